The molecule has 0 aromatic carbocycles. The molecule has 3 nitrogen and oxygen atoms in total. The van der Waals surface area contributed by atoms with Crippen LogP contribution in [-0.2, 0) is 4.79 Å². The van der Waals surface area contributed by atoms with Crippen LogP contribution in [0.1, 0.15) is 12.8 Å². The summed E-state index contributed by atoms with van der Waals surface area (Å²) in [5.74, 6) is 0.0113. The number of likely N-dealkylation sites (tertiary alicyclic amines) is 1. The van der Waals surface area contributed by atoms with Gasteiger partial charge in [0.15, 0.2) is 0 Å². The molecule has 1 atom stereocenters. The molecule has 0 aliphatic carbocycles. The molecule has 1 N–H and O–H groups in total. The summed E-state index contributed by atoms with van der Waals surface area (Å²) in [6, 6.07) is 0.301. The monoisotopic (exact) mass is 190 g/mol. The van der Waals surface area contributed by atoms with Crippen molar-refractivity contribution in [3.63, 3.8) is 0 Å². The lowest BCUT2D eigenvalue weighted by molar-refractivity contribution is -0.119. The maximum Gasteiger partial charge on any atom is 0.235 e. The third-order valence-corrected chi connectivity index (χ3v) is 2.35. The Morgan fingerprint density at radius 3 is 3.08 bits per heavy atom. The number of nitrogens with one attached hydrogen (secondary N) is 1. The molecule has 0 aromatic rings. The molecule has 4 heteroatoms. The Bertz CT molecular complexity index is 163. The number of amides is 1. The van der Waals surface area contributed by atoms with Crippen molar-refractivity contribution in [2.24, 2.45) is 0 Å². The van der Waals surface area contributed by atoms with Gasteiger partial charge in [-0.25, -0.2) is 0 Å². The minimum absolute atomic E-state index is 0.0584. The van der Waals surface area contributed by atoms with Crippen LogP contribution in [0.15, 0.2) is 0 Å². The Labute approximate surface area is 78.1 Å². The number of halogens is 1. The van der Waals surface area contributed by atoms with Gasteiger partial charge in [-0.3, -0.25) is 4.79 Å². The largest absolute Gasteiger partial charge is 0.351 e. The highest BCUT2D eigenvalue weighted by Crippen LogP contribution is 2.07. The van der Waals surface area contributed by atoms with E-state index in [-0.39, 0.29) is 11.8 Å². The van der Waals surface area contributed by atoms with Gasteiger partial charge < -0.3 is 10.2 Å². The molecule has 70 valence electrons. The van der Waals surface area contributed by atoms with Gasteiger partial charge in [0.05, 0.1) is 0 Å². The number of piperidine rings is 1. The molecule has 1 heterocycles. The number of hydrogen-bond acceptors (Lipinski definition) is 2. The first kappa shape index (κ1) is 9.81. The molecule has 12 heavy (non-hydrogen) atoms. The van der Waals surface area contributed by atoms with E-state index in [4.69, 9.17) is 11.6 Å². The van der Waals surface area contributed by atoms with Gasteiger partial charge >= 0.3 is 0 Å². The molecule has 1 aliphatic heterocycles. The fourth-order valence-electron chi connectivity index (χ4n) is 1.55. The van der Waals surface area contributed by atoms with Crippen molar-refractivity contribution in [3.05, 3.63) is 0 Å². The van der Waals surface area contributed by atoms with Crippen molar-refractivity contribution in [1.82, 2.24) is 10.2 Å². The van der Waals surface area contributed by atoms with Crippen LogP contribution in [0.25, 0.3) is 0 Å². The van der Waals surface area contributed by atoms with E-state index in [0.29, 0.717) is 6.04 Å². The standard InChI is InChI=1S/C8H15ClN2O/c1-11-4-2-3-7(6-11)10-8(12)5-9/h7H,2-6H2,1H3,(H,10,12)/t7-/m1/s1. The van der Waals surface area contributed by atoms with Crippen LogP contribution < -0.4 is 5.32 Å². The third kappa shape index (κ3) is 2.99. The molecule has 0 saturated carbocycles. The summed E-state index contributed by atoms with van der Waals surface area (Å²) >= 11 is 5.38. The van der Waals surface area contributed by atoms with E-state index in [0.717, 1.165) is 25.9 Å². The maximum atomic E-state index is 10.9. The van der Waals surface area contributed by atoms with Gasteiger partial charge in [-0.15, -0.1) is 11.6 Å². The highest BCUT2D eigenvalue weighted by atomic mass is 35.5. The summed E-state index contributed by atoms with van der Waals surface area (Å²) in [4.78, 5) is 13.1. The van der Waals surface area contributed by atoms with E-state index in [1.54, 1.807) is 0 Å². The SMILES string of the molecule is CN1CCC[C@@H](NC(=O)CCl)C1. The fraction of sp³-hybridized carbons (Fsp3) is 0.875. The lowest BCUT2D eigenvalue weighted by Crippen LogP contribution is -2.46. The second-order valence-corrected chi connectivity index (χ2v) is 3.57. The highest BCUT2D eigenvalue weighted by molar-refractivity contribution is 6.27. The lowest BCUT2D eigenvalue weighted by Gasteiger charge is -2.29. The van der Waals surface area contributed by atoms with Crippen LogP contribution in [0.5, 0.6) is 0 Å². The van der Waals surface area contributed by atoms with Gasteiger partial charge in [-0.1, -0.05) is 0 Å². The fourth-order valence-corrected chi connectivity index (χ4v) is 1.63. The number of carbonyl (C=O) groups excluding carboxylic acids is 1. The van der Waals surface area contributed by atoms with Crippen LogP contribution in [0.2, 0.25) is 0 Å². The summed E-state index contributed by atoms with van der Waals surface area (Å²) in [6.45, 7) is 2.08. The van der Waals surface area contributed by atoms with Gasteiger partial charge in [0.2, 0.25) is 5.91 Å². The molecule has 1 fully saturated rings. The number of likely N-dealkylation sites (N-methyl/N-ethyl adjacent to an activating group) is 1. The Morgan fingerprint density at radius 2 is 2.50 bits per heavy atom. The Hall–Kier alpha value is -0.280. The van der Waals surface area contributed by atoms with Crippen molar-refractivity contribution < 1.29 is 4.79 Å². The summed E-state index contributed by atoms with van der Waals surface area (Å²) in [6.07, 6.45) is 2.23. The van der Waals surface area contributed by atoms with Gasteiger partial charge in [-0.05, 0) is 26.4 Å². The van der Waals surface area contributed by atoms with Crippen molar-refractivity contribution in [1.29, 1.82) is 0 Å². The second-order valence-electron chi connectivity index (χ2n) is 3.30. The van der Waals surface area contributed by atoms with E-state index in [2.05, 4.69) is 17.3 Å². The number of alkyl halides is 1. The average Bonchev–Trinajstić information content (AvgIpc) is 2.04. The Balaban J connectivity index is 2.27. The van der Waals surface area contributed by atoms with Crippen molar-refractivity contribution in [3.8, 4) is 0 Å². The molecular formula is C8H15ClN2O. The predicted octanol–water partition coefficient (Wildman–Crippen LogP) is 0.436. The zero-order chi connectivity index (χ0) is 8.97. The second kappa shape index (κ2) is 4.67. The summed E-state index contributed by atoms with van der Waals surface area (Å²) < 4.78 is 0. The third-order valence-electron chi connectivity index (χ3n) is 2.11. The summed E-state index contributed by atoms with van der Waals surface area (Å²) in [7, 11) is 2.07. The summed E-state index contributed by atoms with van der Waals surface area (Å²) in [5, 5.41) is 2.89. The topological polar surface area (TPSA) is 32.3 Å². The number of carbonyl (C=O) groups is 1. The van der Waals surface area contributed by atoms with Gasteiger partial charge in [-0.2, -0.15) is 0 Å². The van der Waals surface area contributed by atoms with Crippen LogP contribution in [0, 0.1) is 0 Å². The molecule has 1 rings (SSSR count). The first-order valence-corrected chi connectivity index (χ1v) is 4.79. The van der Waals surface area contributed by atoms with Crippen molar-refractivity contribution in [2.45, 2.75) is 18.9 Å². The molecule has 0 unspecified atom stereocenters. The van der Waals surface area contributed by atoms with E-state index < -0.39 is 0 Å². The van der Waals surface area contributed by atoms with E-state index in [1.165, 1.54) is 0 Å². The minimum Gasteiger partial charge on any atom is -0.351 e. The molecular weight excluding hydrogens is 176 g/mol. The van der Waals surface area contributed by atoms with E-state index in [9.17, 15) is 4.79 Å². The number of rotatable bonds is 2. The zero-order valence-electron chi connectivity index (χ0n) is 7.35. The van der Waals surface area contributed by atoms with E-state index in [1.807, 2.05) is 0 Å². The molecule has 0 aromatic heterocycles. The summed E-state index contributed by atoms with van der Waals surface area (Å²) in [5.41, 5.74) is 0. The average molecular weight is 191 g/mol. The lowest BCUT2D eigenvalue weighted by atomic mass is 10.1. The number of nitrogens with zero attached hydrogens (tertiary/aromatic N) is 1. The van der Waals surface area contributed by atoms with Crippen LogP contribution in [0.4, 0.5) is 0 Å². The molecule has 1 saturated heterocycles. The van der Waals surface area contributed by atoms with Crippen molar-refractivity contribution >= 4 is 17.5 Å². The zero-order valence-corrected chi connectivity index (χ0v) is 8.10. The maximum absolute atomic E-state index is 10.9. The molecule has 1 aliphatic rings. The highest BCUT2D eigenvalue weighted by Gasteiger charge is 2.17. The van der Waals surface area contributed by atoms with Gasteiger partial charge in [0, 0.05) is 12.6 Å². The Morgan fingerprint density at radius 1 is 1.75 bits per heavy atom. The normalized spacial score (nSPS) is 25.3. The predicted molar refractivity (Wildman–Crippen MR) is 49.4 cm³/mol. The minimum atomic E-state index is -0.0584. The first-order valence-electron chi connectivity index (χ1n) is 4.26. The van der Waals surface area contributed by atoms with Crippen molar-refractivity contribution in [2.75, 3.05) is 26.0 Å². The van der Waals surface area contributed by atoms with Gasteiger partial charge in [0.1, 0.15) is 5.88 Å². The van der Waals surface area contributed by atoms with Crippen LogP contribution >= 0.6 is 11.6 Å². The smallest absolute Gasteiger partial charge is 0.235 e. The molecule has 1 amide bonds. The van der Waals surface area contributed by atoms with Crippen LogP contribution in [-0.4, -0.2) is 42.9 Å². The van der Waals surface area contributed by atoms with E-state index >= 15 is 0 Å². The molecule has 0 radical (unpaired) electrons. The molecule has 0 spiro atoms. The quantitative estimate of drug-likeness (QED) is 0.641. The molecule has 0 bridgehead atoms. The number of hydrogen-bond donors (Lipinski definition) is 1. The Kier molecular flexibility index (Phi) is 3.82. The van der Waals surface area contributed by atoms with Gasteiger partial charge in [0.25, 0.3) is 0 Å². The van der Waals surface area contributed by atoms with Crippen LogP contribution in [0.3, 0.4) is 0 Å². The first-order chi connectivity index (χ1) is 5.72.